The highest BCUT2D eigenvalue weighted by atomic mass is 16.5. The summed E-state index contributed by atoms with van der Waals surface area (Å²) >= 11 is 0. The first-order valence-corrected chi connectivity index (χ1v) is 7.30. The van der Waals surface area contributed by atoms with Gasteiger partial charge >= 0.3 is 0 Å². The van der Waals surface area contributed by atoms with Crippen LogP contribution in [0.1, 0.15) is 42.2 Å². The third-order valence-corrected chi connectivity index (χ3v) is 4.15. The molecule has 0 bridgehead atoms. The van der Waals surface area contributed by atoms with E-state index >= 15 is 0 Å². The zero-order valence-corrected chi connectivity index (χ0v) is 12.1. The van der Waals surface area contributed by atoms with Crippen molar-refractivity contribution in [2.45, 2.75) is 31.9 Å². The molecule has 0 saturated carbocycles. The van der Waals surface area contributed by atoms with Gasteiger partial charge < -0.3 is 10.1 Å². The molecule has 0 fully saturated rings. The van der Waals surface area contributed by atoms with E-state index in [1.165, 1.54) is 16.7 Å². The van der Waals surface area contributed by atoms with Gasteiger partial charge in [0.25, 0.3) is 0 Å². The molecule has 0 radical (unpaired) electrons. The molecule has 2 unspecified atom stereocenters. The van der Waals surface area contributed by atoms with Crippen molar-refractivity contribution in [3.05, 3.63) is 65.2 Å². The van der Waals surface area contributed by atoms with Gasteiger partial charge in [-0.15, -0.1) is 0 Å². The van der Waals surface area contributed by atoms with Crippen LogP contribution in [0.2, 0.25) is 0 Å². The van der Waals surface area contributed by atoms with Crippen LogP contribution in [0.3, 0.4) is 0 Å². The lowest BCUT2D eigenvalue weighted by atomic mass is 10.1. The second-order valence-corrected chi connectivity index (χ2v) is 5.37. The van der Waals surface area contributed by atoms with Crippen LogP contribution in [0.4, 0.5) is 0 Å². The number of nitrogens with one attached hydrogen (secondary N) is 1. The Kier molecular flexibility index (Phi) is 3.75. The quantitative estimate of drug-likeness (QED) is 0.903. The summed E-state index contributed by atoms with van der Waals surface area (Å²) in [5.41, 5.74) is 3.98. The average Bonchev–Trinajstić information content (AvgIpc) is 2.92. The molecule has 1 aliphatic carbocycles. The Morgan fingerprint density at radius 1 is 1.10 bits per heavy atom. The summed E-state index contributed by atoms with van der Waals surface area (Å²) in [5.74, 6) is 1.04. The molecule has 0 aliphatic heterocycles. The highest BCUT2D eigenvalue weighted by Crippen LogP contribution is 2.38. The van der Waals surface area contributed by atoms with E-state index in [2.05, 4.69) is 54.7 Å². The Morgan fingerprint density at radius 3 is 2.65 bits per heavy atom. The van der Waals surface area contributed by atoms with Crippen molar-refractivity contribution in [3.8, 4) is 5.75 Å². The minimum Gasteiger partial charge on any atom is -0.486 e. The molecule has 1 N–H and O–H groups in total. The van der Waals surface area contributed by atoms with Crippen LogP contribution in [0.5, 0.6) is 5.75 Å². The maximum absolute atomic E-state index is 6.21. The molecule has 2 heteroatoms. The lowest BCUT2D eigenvalue weighted by Gasteiger charge is -2.18. The van der Waals surface area contributed by atoms with Crippen LogP contribution in [0, 0.1) is 0 Å². The van der Waals surface area contributed by atoms with Gasteiger partial charge in [-0.3, -0.25) is 0 Å². The molecule has 2 aromatic carbocycles. The van der Waals surface area contributed by atoms with Crippen LogP contribution in [0.15, 0.2) is 48.5 Å². The lowest BCUT2D eigenvalue weighted by molar-refractivity contribution is 0.225. The molecular weight excluding hydrogens is 246 g/mol. The minimum absolute atomic E-state index is 0.0799. The first-order valence-electron chi connectivity index (χ1n) is 7.30. The number of hydrogen-bond acceptors (Lipinski definition) is 2. The van der Waals surface area contributed by atoms with Gasteiger partial charge in [-0.2, -0.15) is 0 Å². The zero-order valence-electron chi connectivity index (χ0n) is 12.1. The fourth-order valence-electron chi connectivity index (χ4n) is 3.01. The SMILES string of the molecule is CNC1CCc2c(OC(C)c3ccccc3)cccc21. The normalized spacial score (nSPS) is 18.6. The van der Waals surface area contributed by atoms with Crippen molar-refractivity contribution >= 4 is 0 Å². The van der Waals surface area contributed by atoms with E-state index in [9.17, 15) is 0 Å². The van der Waals surface area contributed by atoms with E-state index < -0.39 is 0 Å². The number of rotatable bonds is 4. The van der Waals surface area contributed by atoms with Crippen molar-refractivity contribution in [2.24, 2.45) is 0 Å². The number of ether oxygens (including phenoxy) is 1. The highest BCUT2D eigenvalue weighted by molar-refractivity contribution is 5.45. The molecule has 2 aromatic rings. The maximum Gasteiger partial charge on any atom is 0.123 e. The molecule has 3 rings (SSSR count). The van der Waals surface area contributed by atoms with Gasteiger partial charge in [0.15, 0.2) is 0 Å². The van der Waals surface area contributed by atoms with Crippen LogP contribution in [-0.4, -0.2) is 7.05 Å². The van der Waals surface area contributed by atoms with Gasteiger partial charge in [-0.1, -0.05) is 42.5 Å². The Balaban J connectivity index is 1.84. The summed E-state index contributed by atoms with van der Waals surface area (Å²) in [4.78, 5) is 0. The van der Waals surface area contributed by atoms with E-state index in [1.54, 1.807) is 0 Å². The second-order valence-electron chi connectivity index (χ2n) is 5.37. The third kappa shape index (κ3) is 2.44. The predicted molar refractivity (Wildman–Crippen MR) is 82.0 cm³/mol. The molecule has 2 nitrogen and oxygen atoms in total. The summed E-state index contributed by atoms with van der Waals surface area (Å²) in [6.45, 7) is 2.11. The van der Waals surface area contributed by atoms with Crippen molar-refractivity contribution in [2.75, 3.05) is 7.05 Å². The summed E-state index contributed by atoms with van der Waals surface area (Å²) in [5, 5.41) is 3.38. The molecule has 0 heterocycles. The summed E-state index contributed by atoms with van der Waals surface area (Å²) in [6, 6.07) is 17.3. The Bertz CT molecular complexity index is 579. The first kappa shape index (κ1) is 13.2. The Hall–Kier alpha value is -1.80. The molecule has 0 spiro atoms. The van der Waals surface area contributed by atoms with Gasteiger partial charge in [-0.05, 0) is 49.6 Å². The van der Waals surface area contributed by atoms with Gasteiger partial charge in [-0.25, -0.2) is 0 Å². The van der Waals surface area contributed by atoms with Gasteiger partial charge in [0.05, 0.1) is 0 Å². The van der Waals surface area contributed by atoms with Crippen LogP contribution >= 0.6 is 0 Å². The zero-order chi connectivity index (χ0) is 13.9. The van der Waals surface area contributed by atoms with Crippen molar-refractivity contribution in [1.82, 2.24) is 5.32 Å². The van der Waals surface area contributed by atoms with Crippen molar-refractivity contribution in [1.29, 1.82) is 0 Å². The standard InChI is InChI=1S/C18H21NO/c1-13(14-7-4-3-5-8-14)20-18-10-6-9-15-16(18)11-12-17(15)19-2/h3-10,13,17,19H,11-12H2,1-2H3. The van der Waals surface area contributed by atoms with Gasteiger partial charge in [0.1, 0.15) is 11.9 Å². The monoisotopic (exact) mass is 267 g/mol. The van der Waals surface area contributed by atoms with Crippen LogP contribution < -0.4 is 10.1 Å². The molecule has 20 heavy (non-hydrogen) atoms. The highest BCUT2D eigenvalue weighted by Gasteiger charge is 2.24. The second kappa shape index (κ2) is 5.68. The lowest BCUT2D eigenvalue weighted by Crippen LogP contribution is -2.12. The summed E-state index contributed by atoms with van der Waals surface area (Å²) in [7, 11) is 2.03. The van der Waals surface area contributed by atoms with Crippen LogP contribution in [0.25, 0.3) is 0 Å². The number of fused-ring (bicyclic) bond motifs is 1. The van der Waals surface area contributed by atoms with Crippen LogP contribution in [-0.2, 0) is 6.42 Å². The largest absolute Gasteiger partial charge is 0.486 e. The fraction of sp³-hybridized carbons (Fsp3) is 0.333. The molecule has 0 saturated heterocycles. The Labute approximate surface area is 120 Å². The van der Waals surface area contributed by atoms with Gasteiger partial charge in [0.2, 0.25) is 0 Å². The smallest absolute Gasteiger partial charge is 0.123 e. The van der Waals surface area contributed by atoms with E-state index in [0.29, 0.717) is 6.04 Å². The third-order valence-electron chi connectivity index (χ3n) is 4.15. The predicted octanol–water partition coefficient (Wildman–Crippen LogP) is 4.03. The average molecular weight is 267 g/mol. The van der Waals surface area contributed by atoms with E-state index in [0.717, 1.165) is 18.6 Å². The van der Waals surface area contributed by atoms with E-state index in [1.807, 2.05) is 13.1 Å². The fourth-order valence-corrected chi connectivity index (χ4v) is 3.01. The van der Waals surface area contributed by atoms with Crippen molar-refractivity contribution in [3.63, 3.8) is 0 Å². The Morgan fingerprint density at radius 2 is 1.90 bits per heavy atom. The number of hydrogen-bond donors (Lipinski definition) is 1. The molecular formula is C18H21NO. The molecule has 0 amide bonds. The van der Waals surface area contributed by atoms with E-state index in [-0.39, 0.29) is 6.10 Å². The topological polar surface area (TPSA) is 21.3 Å². The maximum atomic E-state index is 6.21. The summed E-state index contributed by atoms with van der Waals surface area (Å²) in [6.07, 6.45) is 2.33. The molecule has 2 atom stereocenters. The molecule has 1 aliphatic rings. The summed E-state index contributed by atoms with van der Waals surface area (Å²) < 4.78 is 6.21. The van der Waals surface area contributed by atoms with E-state index in [4.69, 9.17) is 4.74 Å². The molecule has 104 valence electrons. The van der Waals surface area contributed by atoms with Crippen molar-refractivity contribution < 1.29 is 4.74 Å². The van der Waals surface area contributed by atoms with Gasteiger partial charge in [0, 0.05) is 6.04 Å². The minimum atomic E-state index is 0.0799. The number of benzene rings is 2. The first-order chi connectivity index (χ1) is 9.79. The molecule has 0 aromatic heterocycles.